The molecule has 0 aliphatic carbocycles. The van der Waals surface area contributed by atoms with Crippen LogP contribution >= 0.6 is 0 Å². The van der Waals surface area contributed by atoms with Crippen LogP contribution in [0.15, 0.2) is 72.8 Å². The van der Waals surface area contributed by atoms with Crippen molar-refractivity contribution in [2.45, 2.75) is 32.2 Å². The zero-order valence-corrected chi connectivity index (χ0v) is 17.1. The standard InChI is InChI=1S/C26H24FN3/c1-2-9-24-19-11-4-3-10-18(19)16-17-30(24)26-21-13-6-5-12-20(21)25(28-29-26)22-14-7-8-15-23(22)27/h3-8,10-15,24H,2,9,16-17H2,1H3. The maximum absolute atomic E-state index is 14.5. The van der Waals surface area contributed by atoms with Crippen molar-refractivity contribution in [3.8, 4) is 11.3 Å². The Morgan fingerprint density at radius 2 is 1.63 bits per heavy atom. The van der Waals surface area contributed by atoms with Crippen LogP contribution in [0.4, 0.5) is 10.2 Å². The molecule has 0 saturated carbocycles. The van der Waals surface area contributed by atoms with Crippen LogP contribution in [-0.4, -0.2) is 16.7 Å². The van der Waals surface area contributed by atoms with Gasteiger partial charge in [-0.15, -0.1) is 10.2 Å². The molecule has 2 heterocycles. The highest BCUT2D eigenvalue weighted by molar-refractivity contribution is 6.00. The van der Waals surface area contributed by atoms with E-state index < -0.39 is 0 Å². The smallest absolute Gasteiger partial charge is 0.159 e. The Bertz CT molecular complexity index is 1200. The van der Waals surface area contributed by atoms with Crippen LogP contribution in [0, 0.1) is 5.82 Å². The van der Waals surface area contributed by atoms with E-state index in [1.165, 1.54) is 17.2 Å². The van der Waals surface area contributed by atoms with Gasteiger partial charge in [0.05, 0.1) is 6.04 Å². The van der Waals surface area contributed by atoms with Crippen molar-refractivity contribution in [2.24, 2.45) is 0 Å². The monoisotopic (exact) mass is 397 g/mol. The third kappa shape index (κ3) is 3.13. The summed E-state index contributed by atoms with van der Waals surface area (Å²) in [4.78, 5) is 2.40. The summed E-state index contributed by atoms with van der Waals surface area (Å²) in [5.74, 6) is 0.610. The average Bonchev–Trinajstić information content (AvgIpc) is 2.79. The molecule has 0 radical (unpaired) electrons. The molecule has 1 unspecified atom stereocenters. The number of benzene rings is 3. The Labute approximate surface area is 176 Å². The Balaban J connectivity index is 1.67. The van der Waals surface area contributed by atoms with Crippen molar-refractivity contribution >= 4 is 16.6 Å². The second-order valence-corrected chi connectivity index (χ2v) is 7.84. The van der Waals surface area contributed by atoms with Gasteiger partial charge in [-0.25, -0.2) is 4.39 Å². The Morgan fingerprint density at radius 1 is 0.900 bits per heavy atom. The van der Waals surface area contributed by atoms with E-state index >= 15 is 0 Å². The molecule has 0 fully saturated rings. The van der Waals surface area contributed by atoms with Gasteiger partial charge in [0.1, 0.15) is 11.5 Å². The van der Waals surface area contributed by atoms with Gasteiger partial charge in [0, 0.05) is 22.9 Å². The van der Waals surface area contributed by atoms with Crippen LogP contribution in [0.5, 0.6) is 0 Å². The quantitative estimate of drug-likeness (QED) is 0.402. The number of rotatable bonds is 4. The van der Waals surface area contributed by atoms with E-state index in [2.05, 4.69) is 52.4 Å². The van der Waals surface area contributed by atoms with E-state index in [0.29, 0.717) is 11.3 Å². The molecule has 3 aromatic carbocycles. The first kappa shape index (κ1) is 18.7. The molecule has 1 atom stereocenters. The van der Waals surface area contributed by atoms with Crippen LogP contribution in [0.2, 0.25) is 0 Å². The van der Waals surface area contributed by atoms with E-state index in [4.69, 9.17) is 0 Å². The van der Waals surface area contributed by atoms with Gasteiger partial charge in [-0.1, -0.05) is 74.0 Å². The van der Waals surface area contributed by atoms with Gasteiger partial charge in [0.15, 0.2) is 5.82 Å². The fourth-order valence-corrected chi connectivity index (χ4v) is 4.64. The first-order valence-electron chi connectivity index (χ1n) is 10.6. The summed E-state index contributed by atoms with van der Waals surface area (Å²) < 4.78 is 14.5. The second-order valence-electron chi connectivity index (χ2n) is 7.84. The van der Waals surface area contributed by atoms with Crippen molar-refractivity contribution in [3.05, 3.63) is 89.7 Å². The molecule has 3 nitrogen and oxygen atoms in total. The minimum atomic E-state index is -0.277. The first-order chi connectivity index (χ1) is 14.8. The third-order valence-electron chi connectivity index (χ3n) is 6.04. The highest BCUT2D eigenvalue weighted by Gasteiger charge is 2.29. The molecular weight excluding hydrogens is 373 g/mol. The molecule has 0 bridgehead atoms. The van der Waals surface area contributed by atoms with Gasteiger partial charge in [-0.2, -0.15) is 0 Å². The summed E-state index contributed by atoms with van der Waals surface area (Å²) in [6.07, 6.45) is 3.14. The molecule has 5 rings (SSSR count). The highest BCUT2D eigenvalue weighted by atomic mass is 19.1. The summed E-state index contributed by atoms with van der Waals surface area (Å²) in [5.41, 5.74) is 3.89. The van der Waals surface area contributed by atoms with E-state index in [1.54, 1.807) is 12.1 Å². The number of fused-ring (bicyclic) bond motifs is 2. The number of hydrogen-bond donors (Lipinski definition) is 0. The van der Waals surface area contributed by atoms with Gasteiger partial charge in [0.2, 0.25) is 0 Å². The summed E-state index contributed by atoms with van der Waals surface area (Å²) in [5, 5.41) is 11.1. The number of halogens is 1. The average molecular weight is 397 g/mol. The van der Waals surface area contributed by atoms with Crippen LogP contribution in [0.3, 0.4) is 0 Å². The molecule has 30 heavy (non-hydrogen) atoms. The highest BCUT2D eigenvalue weighted by Crippen LogP contribution is 2.40. The first-order valence-corrected chi connectivity index (χ1v) is 10.6. The Morgan fingerprint density at radius 3 is 2.47 bits per heavy atom. The van der Waals surface area contributed by atoms with Gasteiger partial charge >= 0.3 is 0 Å². The molecule has 0 saturated heterocycles. The maximum Gasteiger partial charge on any atom is 0.159 e. The van der Waals surface area contributed by atoms with Crippen LogP contribution in [-0.2, 0) is 6.42 Å². The molecule has 150 valence electrons. The van der Waals surface area contributed by atoms with Crippen molar-refractivity contribution < 1.29 is 4.39 Å². The number of hydrogen-bond acceptors (Lipinski definition) is 3. The third-order valence-corrected chi connectivity index (χ3v) is 6.04. The molecule has 1 aliphatic rings. The van der Waals surface area contributed by atoms with E-state index in [1.807, 2.05) is 24.3 Å². The number of aromatic nitrogens is 2. The zero-order chi connectivity index (χ0) is 20.5. The number of anilines is 1. The summed E-state index contributed by atoms with van der Waals surface area (Å²) in [6.45, 7) is 3.12. The zero-order valence-electron chi connectivity index (χ0n) is 17.1. The van der Waals surface area contributed by atoms with Crippen LogP contribution in [0.1, 0.15) is 36.9 Å². The molecular formula is C26H24FN3. The SMILES string of the molecule is CCCC1c2ccccc2CCN1c1nnc(-c2ccccc2F)c2ccccc12. The largest absolute Gasteiger partial charge is 0.347 e. The van der Waals surface area contributed by atoms with Crippen molar-refractivity contribution in [3.63, 3.8) is 0 Å². The lowest BCUT2D eigenvalue weighted by Crippen LogP contribution is -2.36. The normalized spacial score (nSPS) is 15.9. The Hall–Kier alpha value is -3.27. The predicted octanol–water partition coefficient (Wildman–Crippen LogP) is 6.34. The topological polar surface area (TPSA) is 29.0 Å². The summed E-state index contributed by atoms with van der Waals surface area (Å²) in [7, 11) is 0. The molecule has 0 amide bonds. The second kappa shape index (κ2) is 7.86. The lowest BCUT2D eigenvalue weighted by atomic mass is 9.89. The van der Waals surface area contributed by atoms with Gasteiger partial charge in [-0.05, 0) is 36.1 Å². The van der Waals surface area contributed by atoms with Crippen molar-refractivity contribution in [1.29, 1.82) is 0 Å². The van der Waals surface area contributed by atoms with E-state index in [0.717, 1.165) is 42.4 Å². The maximum atomic E-state index is 14.5. The van der Waals surface area contributed by atoms with Gasteiger partial charge in [-0.3, -0.25) is 0 Å². The van der Waals surface area contributed by atoms with Gasteiger partial charge < -0.3 is 4.90 Å². The molecule has 0 N–H and O–H groups in total. The summed E-state index contributed by atoms with van der Waals surface area (Å²) in [6, 6.07) is 23.9. The minimum Gasteiger partial charge on any atom is -0.347 e. The van der Waals surface area contributed by atoms with E-state index in [-0.39, 0.29) is 11.9 Å². The fourth-order valence-electron chi connectivity index (χ4n) is 4.64. The van der Waals surface area contributed by atoms with Crippen molar-refractivity contribution in [1.82, 2.24) is 10.2 Å². The molecule has 1 aromatic heterocycles. The van der Waals surface area contributed by atoms with Crippen LogP contribution in [0.25, 0.3) is 22.0 Å². The fraction of sp³-hybridized carbons (Fsp3) is 0.231. The lowest BCUT2D eigenvalue weighted by Gasteiger charge is -2.38. The van der Waals surface area contributed by atoms with Gasteiger partial charge in [0.25, 0.3) is 0 Å². The number of nitrogens with zero attached hydrogens (tertiary/aromatic N) is 3. The predicted molar refractivity (Wildman–Crippen MR) is 120 cm³/mol. The Kier molecular flexibility index (Phi) is 4.91. The molecule has 1 aliphatic heterocycles. The minimum absolute atomic E-state index is 0.275. The molecule has 4 heteroatoms. The summed E-state index contributed by atoms with van der Waals surface area (Å²) >= 11 is 0. The van der Waals surface area contributed by atoms with E-state index in [9.17, 15) is 4.39 Å². The van der Waals surface area contributed by atoms with Crippen molar-refractivity contribution in [2.75, 3.05) is 11.4 Å². The molecule has 4 aromatic rings. The lowest BCUT2D eigenvalue weighted by molar-refractivity contribution is 0.533. The molecule has 0 spiro atoms. The van der Waals surface area contributed by atoms with Crippen LogP contribution < -0.4 is 4.90 Å².